The van der Waals surface area contributed by atoms with E-state index >= 15 is 0 Å². The largest absolute Gasteiger partial charge is 0.394 e. The highest BCUT2D eigenvalue weighted by atomic mass is 32.1. The van der Waals surface area contributed by atoms with Crippen LogP contribution in [0.2, 0.25) is 0 Å². The first-order valence-electron chi connectivity index (χ1n) is 6.18. The van der Waals surface area contributed by atoms with E-state index in [4.69, 9.17) is 5.11 Å². The SMILES string of the molecule is OCC(O)CNc1nc2ccc(-c3nccs3)cc2[nH]1. The van der Waals surface area contributed by atoms with Gasteiger partial charge < -0.3 is 20.5 Å². The summed E-state index contributed by atoms with van der Waals surface area (Å²) < 4.78 is 0. The van der Waals surface area contributed by atoms with Crippen molar-refractivity contribution in [3.63, 3.8) is 0 Å². The van der Waals surface area contributed by atoms with E-state index in [1.54, 1.807) is 17.5 Å². The Morgan fingerprint density at radius 3 is 3.05 bits per heavy atom. The van der Waals surface area contributed by atoms with Crippen molar-refractivity contribution in [1.29, 1.82) is 0 Å². The molecular weight excluding hydrogens is 276 g/mol. The maximum absolute atomic E-state index is 9.30. The molecule has 0 radical (unpaired) electrons. The number of benzene rings is 1. The van der Waals surface area contributed by atoms with Gasteiger partial charge in [0, 0.05) is 23.7 Å². The molecule has 0 aliphatic rings. The predicted octanol–water partition coefficient (Wildman–Crippen LogP) is 1.45. The second kappa shape index (κ2) is 5.58. The van der Waals surface area contributed by atoms with Crippen LogP contribution in [0, 0.1) is 0 Å². The van der Waals surface area contributed by atoms with E-state index in [2.05, 4.69) is 20.3 Å². The minimum atomic E-state index is -0.797. The number of aromatic amines is 1. The average Bonchev–Trinajstić information content (AvgIpc) is 3.12. The lowest BCUT2D eigenvalue weighted by Crippen LogP contribution is -2.23. The summed E-state index contributed by atoms with van der Waals surface area (Å²) in [6, 6.07) is 5.90. The Hall–Kier alpha value is -1.96. The van der Waals surface area contributed by atoms with Crippen LogP contribution in [0.4, 0.5) is 5.95 Å². The molecule has 20 heavy (non-hydrogen) atoms. The Labute approximate surface area is 119 Å². The molecule has 4 N–H and O–H groups in total. The van der Waals surface area contributed by atoms with Crippen LogP contribution in [-0.2, 0) is 0 Å². The van der Waals surface area contributed by atoms with Gasteiger partial charge in [-0.05, 0) is 18.2 Å². The number of rotatable bonds is 5. The van der Waals surface area contributed by atoms with Gasteiger partial charge >= 0.3 is 0 Å². The molecule has 3 aromatic rings. The van der Waals surface area contributed by atoms with Crippen LogP contribution in [0.5, 0.6) is 0 Å². The molecule has 0 spiro atoms. The standard InChI is InChI=1S/C13H14N4O2S/c18-7-9(19)6-15-13-16-10-2-1-8(5-11(10)17-13)12-14-3-4-20-12/h1-5,9,18-19H,6-7H2,(H2,15,16,17). The first-order valence-corrected chi connectivity index (χ1v) is 7.06. The van der Waals surface area contributed by atoms with E-state index in [0.29, 0.717) is 5.95 Å². The van der Waals surface area contributed by atoms with E-state index in [9.17, 15) is 5.11 Å². The number of anilines is 1. The summed E-state index contributed by atoms with van der Waals surface area (Å²) in [6.07, 6.45) is 0.981. The fourth-order valence-corrected chi connectivity index (χ4v) is 2.51. The molecule has 0 saturated carbocycles. The van der Waals surface area contributed by atoms with E-state index in [0.717, 1.165) is 21.6 Å². The first kappa shape index (κ1) is 13.0. The number of hydrogen-bond donors (Lipinski definition) is 4. The van der Waals surface area contributed by atoms with Crippen LogP contribution in [0.25, 0.3) is 21.6 Å². The normalized spacial score (nSPS) is 12.7. The summed E-state index contributed by atoms with van der Waals surface area (Å²) in [5, 5.41) is 23.9. The number of aromatic nitrogens is 3. The summed E-state index contributed by atoms with van der Waals surface area (Å²) in [4.78, 5) is 11.8. The Morgan fingerprint density at radius 2 is 2.30 bits per heavy atom. The number of aliphatic hydroxyl groups is 2. The van der Waals surface area contributed by atoms with E-state index in [1.165, 1.54) is 0 Å². The number of hydrogen-bond acceptors (Lipinski definition) is 6. The summed E-state index contributed by atoms with van der Waals surface area (Å²) in [7, 11) is 0. The van der Waals surface area contributed by atoms with Crippen LogP contribution in [-0.4, -0.2) is 44.4 Å². The van der Waals surface area contributed by atoms with Gasteiger partial charge in [-0.25, -0.2) is 9.97 Å². The van der Waals surface area contributed by atoms with Gasteiger partial charge in [0.05, 0.1) is 23.7 Å². The van der Waals surface area contributed by atoms with Gasteiger partial charge in [0.15, 0.2) is 0 Å². The molecule has 6 nitrogen and oxygen atoms in total. The van der Waals surface area contributed by atoms with Crippen molar-refractivity contribution in [1.82, 2.24) is 15.0 Å². The fourth-order valence-electron chi connectivity index (χ4n) is 1.87. The lowest BCUT2D eigenvalue weighted by molar-refractivity contribution is 0.105. The highest BCUT2D eigenvalue weighted by molar-refractivity contribution is 7.13. The molecule has 2 heterocycles. The van der Waals surface area contributed by atoms with Gasteiger partial charge in [-0.15, -0.1) is 11.3 Å². The molecular formula is C13H14N4O2S. The molecule has 0 bridgehead atoms. The monoisotopic (exact) mass is 290 g/mol. The molecule has 1 aromatic carbocycles. The third kappa shape index (κ3) is 2.64. The summed E-state index contributed by atoms with van der Waals surface area (Å²) in [6.45, 7) is -0.0307. The number of aliphatic hydroxyl groups excluding tert-OH is 2. The zero-order chi connectivity index (χ0) is 13.9. The number of nitrogens with zero attached hydrogens (tertiary/aromatic N) is 2. The number of thiazole rings is 1. The molecule has 0 saturated heterocycles. The predicted molar refractivity (Wildman–Crippen MR) is 78.8 cm³/mol. The third-order valence-corrected chi connectivity index (χ3v) is 3.70. The van der Waals surface area contributed by atoms with Crippen molar-refractivity contribution in [2.45, 2.75) is 6.10 Å². The summed E-state index contributed by atoms with van der Waals surface area (Å²) in [5.74, 6) is 0.573. The zero-order valence-electron chi connectivity index (χ0n) is 10.6. The van der Waals surface area contributed by atoms with Crippen molar-refractivity contribution in [2.75, 3.05) is 18.5 Å². The highest BCUT2D eigenvalue weighted by Gasteiger charge is 2.07. The average molecular weight is 290 g/mol. The Bertz CT molecular complexity index is 696. The quantitative estimate of drug-likeness (QED) is 0.570. The minimum Gasteiger partial charge on any atom is -0.394 e. The molecule has 0 aliphatic heterocycles. The second-order valence-electron chi connectivity index (χ2n) is 4.37. The Balaban J connectivity index is 1.84. The third-order valence-electron chi connectivity index (χ3n) is 2.88. The number of fused-ring (bicyclic) bond motifs is 1. The Morgan fingerprint density at radius 1 is 1.40 bits per heavy atom. The smallest absolute Gasteiger partial charge is 0.201 e. The van der Waals surface area contributed by atoms with Crippen molar-refractivity contribution >= 4 is 28.3 Å². The maximum Gasteiger partial charge on any atom is 0.201 e. The summed E-state index contributed by atoms with van der Waals surface area (Å²) >= 11 is 1.59. The van der Waals surface area contributed by atoms with Crippen molar-refractivity contribution < 1.29 is 10.2 Å². The van der Waals surface area contributed by atoms with Gasteiger partial charge in [-0.2, -0.15) is 0 Å². The van der Waals surface area contributed by atoms with E-state index in [1.807, 2.05) is 23.6 Å². The van der Waals surface area contributed by atoms with Crippen molar-refractivity contribution in [3.05, 3.63) is 29.8 Å². The molecule has 3 rings (SSSR count). The summed E-state index contributed by atoms with van der Waals surface area (Å²) in [5.41, 5.74) is 2.78. The van der Waals surface area contributed by atoms with Crippen LogP contribution in [0.15, 0.2) is 29.8 Å². The number of H-pyrrole nitrogens is 1. The molecule has 1 unspecified atom stereocenters. The van der Waals surface area contributed by atoms with Crippen molar-refractivity contribution in [2.24, 2.45) is 0 Å². The zero-order valence-corrected chi connectivity index (χ0v) is 11.4. The topological polar surface area (TPSA) is 94.1 Å². The molecule has 0 fully saturated rings. The van der Waals surface area contributed by atoms with Gasteiger partial charge in [0.1, 0.15) is 5.01 Å². The van der Waals surface area contributed by atoms with Crippen LogP contribution >= 0.6 is 11.3 Å². The lowest BCUT2D eigenvalue weighted by atomic mass is 10.2. The fraction of sp³-hybridized carbons (Fsp3) is 0.231. The molecule has 1 atom stereocenters. The van der Waals surface area contributed by atoms with Gasteiger partial charge in [-0.1, -0.05) is 0 Å². The van der Waals surface area contributed by atoms with Crippen LogP contribution in [0.3, 0.4) is 0 Å². The minimum absolute atomic E-state index is 0.246. The molecule has 0 amide bonds. The lowest BCUT2D eigenvalue weighted by Gasteiger charge is -2.06. The second-order valence-corrected chi connectivity index (χ2v) is 5.27. The molecule has 7 heteroatoms. The van der Waals surface area contributed by atoms with E-state index in [-0.39, 0.29) is 13.2 Å². The molecule has 104 valence electrons. The van der Waals surface area contributed by atoms with Crippen LogP contribution in [0.1, 0.15) is 0 Å². The van der Waals surface area contributed by atoms with Crippen LogP contribution < -0.4 is 5.32 Å². The van der Waals surface area contributed by atoms with E-state index < -0.39 is 6.10 Å². The maximum atomic E-state index is 9.30. The van der Waals surface area contributed by atoms with Crippen molar-refractivity contribution in [3.8, 4) is 10.6 Å². The molecule has 2 aromatic heterocycles. The number of nitrogens with one attached hydrogen (secondary N) is 2. The van der Waals surface area contributed by atoms with Gasteiger partial charge in [0.2, 0.25) is 5.95 Å². The Kier molecular flexibility index (Phi) is 3.64. The number of imidazole rings is 1. The van der Waals surface area contributed by atoms with Gasteiger partial charge in [0.25, 0.3) is 0 Å². The molecule has 0 aliphatic carbocycles. The first-order chi connectivity index (χ1) is 9.76. The highest BCUT2D eigenvalue weighted by Crippen LogP contribution is 2.25. The van der Waals surface area contributed by atoms with Gasteiger partial charge in [-0.3, -0.25) is 0 Å².